The van der Waals surface area contributed by atoms with Crippen LogP contribution in [0.5, 0.6) is 5.75 Å². The molecule has 2 heterocycles. The maximum absolute atomic E-state index is 12.0. The number of nitrogens with zero attached hydrogens (tertiary/aromatic N) is 1. The molecule has 0 spiro atoms. The fraction of sp³-hybridized carbons (Fsp3) is 0.588. The number of likely N-dealkylation sites (tertiary alicyclic amines) is 1. The van der Waals surface area contributed by atoms with E-state index < -0.39 is 0 Å². The molecule has 22 heavy (non-hydrogen) atoms. The summed E-state index contributed by atoms with van der Waals surface area (Å²) in [5.74, 6) is 0.980. The number of ether oxygens (including phenoxy) is 2. The van der Waals surface area contributed by atoms with Gasteiger partial charge in [0.05, 0.1) is 12.6 Å². The Morgan fingerprint density at radius 3 is 2.95 bits per heavy atom. The summed E-state index contributed by atoms with van der Waals surface area (Å²) >= 11 is 0. The van der Waals surface area contributed by atoms with Gasteiger partial charge in [0.1, 0.15) is 11.9 Å². The van der Waals surface area contributed by atoms with Crippen LogP contribution in [-0.4, -0.2) is 55.8 Å². The summed E-state index contributed by atoms with van der Waals surface area (Å²) in [6, 6.07) is 9.86. The summed E-state index contributed by atoms with van der Waals surface area (Å²) in [5, 5.41) is 2.97. The van der Waals surface area contributed by atoms with Crippen molar-refractivity contribution in [1.29, 1.82) is 0 Å². The highest BCUT2D eigenvalue weighted by atomic mass is 16.5. The van der Waals surface area contributed by atoms with Gasteiger partial charge in [-0.2, -0.15) is 0 Å². The molecule has 0 unspecified atom stereocenters. The highest BCUT2D eigenvalue weighted by Crippen LogP contribution is 2.17. The molecule has 2 atom stereocenters. The Bertz CT molecular complexity index is 474. The molecule has 5 heteroatoms. The molecule has 0 aromatic heterocycles. The van der Waals surface area contributed by atoms with Crippen LogP contribution in [0, 0.1) is 0 Å². The zero-order valence-electron chi connectivity index (χ0n) is 12.9. The number of carbonyl (C=O) groups excluding carboxylic acids is 1. The summed E-state index contributed by atoms with van der Waals surface area (Å²) in [6.07, 6.45) is 3.50. The van der Waals surface area contributed by atoms with Crippen molar-refractivity contribution >= 4 is 5.91 Å². The van der Waals surface area contributed by atoms with Crippen molar-refractivity contribution in [2.75, 3.05) is 32.8 Å². The maximum atomic E-state index is 12.0. The zero-order chi connectivity index (χ0) is 15.2. The summed E-state index contributed by atoms with van der Waals surface area (Å²) < 4.78 is 11.4. The van der Waals surface area contributed by atoms with Crippen LogP contribution in [0.4, 0.5) is 0 Å². The molecule has 0 saturated carbocycles. The van der Waals surface area contributed by atoms with Gasteiger partial charge in [0.15, 0.2) is 0 Å². The van der Waals surface area contributed by atoms with Gasteiger partial charge in [0, 0.05) is 26.2 Å². The number of carbonyl (C=O) groups is 1. The maximum Gasteiger partial charge on any atom is 0.234 e. The zero-order valence-corrected chi connectivity index (χ0v) is 12.9. The molecule has 0 bridgehead atoms. The van der Waals surface area contributed by atoms with Gasteiger partial charge in [0.25, 0.3) is 0 Å². The molecule has 1 aromatic rings. The van der Waals surface area contributed by atoms with Gasteiger partial charge in [-0.05, 0) is 31.4 Å². The van der Waals surface area contributed by atoms with Gasteiger partial charge < -0.3 is 14.8 Å². The van der Waals surface area contributed by atoms with Crippen LogP contribution in [0.2, 0.25) is 0 Å². The van der Waals surface area contributed by atoms with E-state index in [4.69, 9.17) is 9.47 Å². The van der Waals surface area contributed by atoms with Crippen LogP contribution in [-0.2, 0) is 9.53 Å². The van der Waals surface area contributed by atoms with Gasteiger partial charge in [-0.25, -0.2) is 0 Å². The van der Waals surface area contributed by atoms with Crippen LogP contribution < -0.4 is 10.1 Å². The molecule has 3 rings (SSSR count). The second kappa shape index (κ2) is 7.61. The molecular formula is C17H24N2O3. The van der Waals surface area contributed by atoms with Gasteiger partial charge >= 0.3 is 0 Å². The normalized spacial score (nSPS) is 25.3. The van der Waals surface area contributed by atoms with Crippen LogP contribution >= 0.6 is 0 Å². The van der Waals surface area contributed by atoms with Crippen molar-refractivity contribution < 1.29 is 14.3 Å². The molecule has 1 amide bonds. The van der Waals surface area contributed by atoms with Gasteiger partial charge in [-0.1, -0.05) is 18.2 Å². The lowest BCUT2D eigenvalue weighted by atomic mass is 10.2. The quantitative estimate of drug-likeness (QED) is 0.864. The Morgan fingerprint density at radius 2 is 2.18 bits per heavy atom. The van der Waals surface area contributed by atoms with E-state index in [0.29, 0.717) is 13.1 Å². The predicted molar refractivity (Wildman–Crippen MR) is 83.9 cm³/mol. The molecule has 120 valence electrons. The molecule has 0 aliphatic carbocycles. The third-order valence-corrected chi connectivity index (χ3v) is 4.19. The van der Waals surface area contributed by atoms with Gasteiger partial charge in [-0.3, -0.25) is 9.69 Å². The first-order chi connectivity index (χ1) is 10.8. The summed E-state index contributed by atoms with van der Waals surface area (Å²) in [6.45, 7) is 3.62. The van der Waals surface area contributed by atoms with E-state index in [1.807, 2.05) is 30.3 Å². The fourth-order valence-electron chi connectivity index (χ4n) is 3.02. The molecule has 2 fully saturated rings. The van der Waals surface area contributed by atoms with Crippen molar-refractivity contribution in [1.82, 2.24) is 10.2 Å². The lowest BCUT2D eigenvalue weighted by Crippen LogP contribution is -2.39. The highest BCUT2D eigenvalue weighted by Gasteiger charge is 2.25. The number of amides is 1. The molecule has 2 saturated heterocycles. The second-order valence-electron chi connectivity index (χ2n) is 6.02. The Hall–Kier alpha value is -1.59. The number of nitrogens with one attached hydrogen (secondary N) is 1. The minimum Gasteiger partial charge on any atom is -0.489 e. The first kappa shape index (κ1) is 15.3. The summed E-state index contributed by atoms with van der Waals surface area (Å²) in [5.41, 5.74) is 0. The minimum absolute atomic E-state index is 0.0795. The molecule has 2 aliphatic heterocycles. The number of hydrogen-bond donors (Lipinski definition) is 1. The van der Waals surface area contributed by atoms with Crippen LogP contribution in [0.1, 0.15) is 19.3 Å². The lowest BCUT2D eigenvalue weighted by Gasteiger charge is -2.17. The van der Waals surface area contributed by atoms with Crippen molar-refractivity contribution in [2.45, 2.75) is 31.5 Å². The van der Waals surface area contributed by atoms with E-state index in [0.717, 1.165) is 44.7 Å². The Balaban J connectivity index is 1.36. The summed E-state index contributed by atoms with van der Waals surface area (Å²) in [7, 11) is 0. The van der Waals surface area contributed by atoms with E-state index in [1.165, 1.54) is 0 Å². The third kappa shape index (κ3) is 4.45. The Kier molecular flexibility index (Phi) is 5.29. The van der Waals surface area contributed by atoms with E-state index in [2.05, 4.69) is 10.2 Å². The van der Waals surface area contributed by atoms with Crippen molar-refractivity contribution in [2.24, 2.45) is 0 Å². The average Bonchev–Trinajstić information content (AvgIpc) is 3.18. The smallest absolute Gasteiger partial charge is 0.234 e. The van der Waals surface area contributed by atoms with E-state index in [9.17, 15) is 4.79 Å². The van der Waals surface area contributed by atoms with Crippen molar-refractivity contribution in [3.63, 3.8) is 0 Å². The molecule has 5 nitrogen and oxygen atoms in total. The first-order valence-corrected chi connectivity index (χ1v) is 8.12. The van der Waals surface area contributed by atoms with E-state index in [-0.39, 0.29) is 18.1 Å². The molecular weight excluding hydrogens is 280 g/mol. The van der Waals surface area contributed by atoms with E-state index >= 15 is 0 Å². The molecule has 0 radical (unpaired) electrons. The van der Waals surface area contributed by atoms with Crippen molar-refractivity contribution in [3.8, 4) is 5.75 Å². The SMILES string of the molecule is O=C(CN1CC[C@H](Oc2ccccc2)C1)NC[C@@H]1CCCO1. The highest BCUT2D eigenvalue weighted by molar-refractivity contribution is 5.78. The average molecular weight is 304 g/mol. The van der Waals surface area contributed by atoms with Crippen LogP contribution in [0.3, 0.4) is 0 Å². The standard InChI is InChI=1S/C17H24N2O3/c20-17(18-11-15-7-4-10-21-15)13-19-9-8-16(12-19)22-14-5-2-1-3-6-14/h1-3,5-6,15-16H,4,7-13H2,(H,18,20)/t15-,16-/m0/s1. The van der Waals surface area contributed by atoms with Crippen LogP contribution in [0.15, 0.2) is 30.3 Å². The number of rotatable bonds is 6. The Morgan fingerprint density at radius 1 is 1.32 bits per heavy atom. The van der Waals surface area contributed by atoms with Gasteiger partial charge in [-0.15, -0.1) is 0 Å². The molecule has 1 aromatic carbocycles. The number of benzene rings is 1. The number of hydrogen-bond acceptors (Lipinski definition) is 4. The second-order valence-corrected chi connectivity index (χ2v) is 6.02. The number of para-hydroxylation sites is 1. The topological polar surface area (TPSA) is 50.8 Å². The lowest BCUT2D eigenvalue weighted by molar-refractivity contribution is -0.122. The first-order valence-electron chi connectivity index (χ1n) is 8.12. The van der Waals surface area contributed by atoms with Crippen LogP contribution in [0.25, 0.3) is 0 Å². The largest absolute Gasteiger partial charge is 0.489 e. The van der Waals surface area contributed by atoms with E-state index in [1.54, 1.807) is 0 Å². The van der Waals surface area contributed by atoms with Crippen molar-refractivity contribution in [3.05, 3.63) is 30.3 Å². The Labute approximate surface area is 131 Å². The fourth-order valence-corrected chi connectivity index (χ4v) is 3.02. The predicted octanol–water partition coefficient (Wildman–Crippen LogP) is 1.43. The van der Waals surface area contributed by atoms with Gasteiger partial charge in [0.2, 0.25) is 5.91 Å². The third-order valence-electron chi connectivity index (χ3n) is 4.19. The summed E-state index contributed by atoms with van der Waals surface area (Å²) in [4.78, 5) is 14.1. The minimum atomic E-state index is 0.0795. The molecule has 1 N–H and O–H groups in total. The molecule has 2 aliphatic rings. The monoisotopic (exact) mass is 304 g/mol.